The summed E-state index contributed by atoms with van der Waals surface area (Å²) >= 11 is 0. The highest BCUT2D eigenvalue weighted by atomic mass is 16.3. The van der Waals surface area contributed by atoms with Crippen LogP contribution in [0.25, 0.3) is 0 Å². The minimum Gasteiger partial charge on any atom is -0.393 e. The Bertz CT molecular complexity index is 265. The summed E-state index contributed by atoms with van der Waals surface area (Å²) < 4.78 is 1.28. The lowest BCUT2D eigenvalue weighted by atomic mass is 9.96. The maximum atomic E-state index is 9.92. The van der Waals surface area contributed by atoms with Crippen LogP contribution < -0.4 is 0 Å². The predicted molar refractivity (Wildman–Crippen MR) is 85.7 cm³/mol. The summed E-state index contributed by atoms with van der Waals surface area (Å²) in [7, 11) is 2.47. The van der Waals surface area contributed by atoms with Gasteiger partial charge in [0, 0.05) is 25.7 Å². The van der Waals surface area contributed by atoms with Gasteiger partial charge in [0.1, 0.15) is 0 Å². The topological polar surface area (TPSA) is 20.2 Å². The standard InChI is InChI=1S/C18H36NO/c1-3-4-5-6-7-8-9-10-13-19(2)16-11-12-17(19)15-18(20)14-16/h16-18,20H,3-15H2,1-2H3/q+1/t16-,17+,18?,19?. The molecule has 2 fully saturated rings. The van der Waals surface area contributed by atoms with Crippen LogP contribution in [-0.2, 0) is 0 Å². The molecule has 0 aromatic carbocycles. The van der Waals surface area contributed by atoms with Crippen LogP contribution in [0, 0.1) is 0 Å². The fourth-order valence-electron chi connectivity index (χ4n) is 4.67. The van der Waals surface area contributed by atoms with Crippen LogP contribution in [0.15, 0.2) is 0 Å². The molecule has 2 unspecified atom stereocenters. The lowest BCUT2D eigenvalue weighted by molar-refractivity contribution is -0.949. The number of aliphatic hydroxyl groups is 1. The molecule has 4 atom stereocenters. The van der Waals surface area contributed by atoms with E-state index in [1.165, 1.54) is 75.2 Å². The molecule has 2 aliphatic rings. The van der Waals surface area contributed by atoms with Crippen molar-refractivity contribution < 1.29 is 9.59 Å². The third-order valence-electron chi connectivity index (χ3n) is 6.08. The number of hydrogen-bond donors (Lipinski definition) is 1. The molecule has 2 heterocycles. The van der Waals surface area contributed by atoms with Gasteiger partial charge >= 0.3 is 0 Å². The number of rotatable bonds is 9. The van der Waals surface area contributed by atoms with Gasteiger partial charge in [-0.05, 0) is 12.8 Å². The molecule has 0 aliphatic carbocycles. The van der Waals surface area contributed by atoms with Crippen molar-refractivity contribution in [3.63, 3.8) is 0 Å². The second-order valence-corrected chi connectivity index (χ2v) is 7.56. The third kappa shape index (κ3) is 3.98. The van der Waals surface area contributed by atoms with E-state index in [9.17, 15) is 5.11 Å². The Labute approximate surface area is 126 Å². The molecule has 118 valence electrons. The van der Waals surface area contributed by atoms with Gasteiger partial charge in [-0.25, -0.2) is 0 Å². The van der Waals surface area contributed by atoms with Crippen LogP contribution in [0.1, 0.15) is 84.0 Å². The number of piperidine rings is 1. The van der Waals surface area contributed by atoms with E-state index in [4.69, 9.17) is 0 Å². The first-order valence-corrected chi connectivity index (χ1v) is 9.19. The third-order valence-corrected chi connectivity index (χ3v) is 6.08. The number of quaternary nitrogens is 1. The maximum Gasteiger partial charge on any atom is 0.0917 e. The van der Waals surface area contributed by atoms with Gasteiger partial charge in [-0.3, -0.25) is 0 Å². The predicted octanol–water partition coefficient (Wildman–Crippen LogP) is 4.26. The first-order chi connectivity index (χ1) is 9.66. The van der Waals surface area contributed by atoms with Crippen molar-refractivity contribution in [2.24, 2.45) is 0 Å². The number of aliphatic hydroxyl groups excluding tert-OH is 1. The minimum atomic E-state index is -0.00253. The zero-order valence-corrected chi connectivity index (χ0v) is 13.8. The van der Waals surface area contributed by atoms with Gasteiger partial charge in [0.2, 0.25) is 0 Å². The largest absolute Gasteiger partial charge is 0.393 e. The highest BCUT2D eigenvalue weighted by molar-refractivity contribution is 4.85. The molecule has 2 rings (SSSR count). The molecule has 0 aromatic rings. The fourth-order valence-corrected chi connectivity index (χ4v) is 4.67. The molecule has 0 saturated carbocycles. The molecular weight excluding hydrogens is 246 g/mol. The Balaban J connectivity index is 1.60. The quantitative estimate of drug-likeness (QED) is 0.495. The van der Waals surface area contributed by atoms with Crippen molar-refractivity contribution in [3.05, 3.63) is 0 Å². The number of nitrogens with zero attached hydrogens (tertiary/aromatic N) is 1. The summed E-state index contributed by atoms with van der Waals surface area (Å²) in [6.45, 7) is 3.64. The Morgan fingerprint density at radius 1 is 0.850 bits per heavy atom. The molecule has 2 nitrogen and oxygen atoms in total. The molecular formula is C18H36NO+. The lowest BCUT2D eigenvalue weighted by Crippen LogP contribution is -2.58. The molecule has 1 N–H and O–H groups in total. The van der Waals surface area contributed by atoms with Gasteiger partial charge < -0.3 is 9.59 Å². The van der Waals surface area contributed by atoms with Crippen LogP contribution in [-0.4, -0.2) is 41.4 Å². The first kappa shape index (κ1) is 16.3. The Kier molecular flexibility index (Phi) is 6.35. The second-order valence-electron chi connectivity index (χ2n) is 7.56. The molecule has 20 heavy (non-hydrogen) atoms. The number of hydrogen-bond acceptors (Lipinski definition) is 1. The molecule has 0 spiro atoms. The van der Waals surface area contributed by atoms with Crippen LogP contribution in [0.5, 0.6) is 0 Å². The summed E-state index contributed by atoms with van der Waals surface area (Å²) in [4.78, 5) is 0. The van der Waals surface area contributed by atoms with Crippen molar-refractivity contribution in [1.82, 2.24) is 0 Å². The SMILES string of the molecule is CCCCCCCCCC[N+]1(C)[C@@H]2CC[C@H]1CC(O)C2. The molecule has 2 saturated heterocycles. The summed E-state index contributed by atoms with van der Waals surface area (Å²) in [6, 6.07) is 1.52. The summed E-state index contributed by atoms with van der Waals surface area (Å²) in [5.74, 6) is 0. The van der Waals surface area contributed by atoms with Gasteiger partial charge in [0.15, 0.2) is 0 Å². The zero-order valence-electron chi connectivity index (χ0n) is 13.8. The Morgan fingerprint density at radius 3 is 1.90 bits per heavy atom. The molecule has 0 aromatic heterocycles. The Hall–Kier alpha value is -0.0800. The maximum absolute atomic E-state index is 9.92. The van der Waals surface area contributed by atoms with E-state index in [1.807, 2.05) is 0 Å². The summed E-state index contributed by atoms with van der Waals surface area (Å²) in [5, 5.41) is 9.92. The van der Waals surface area contributed by atoms with Crippen molar-refractivity contribution in [3.8, 4) is 0 Å². The van der Waals surface area contributed by atoms with Gasteiger partial charge in [0.25, 0.3) is 0 Å². The van der Waals surface area contributed by atoms with E-state index < -0.39 is 0 Å². The molecule has 2 heteroatoms. The van der Waals surface area contributed by atoms with Crippen molar-refractivity contribution in [2.75, 3.05) is 13.6 Å². The monoisotopic (exact) mass is 282 g/mol. The second kappa shape index (κ2) is 7.79. The van der Waals surface area contributed by atoms with E-state index in [-0.39, 0.29) is 6.10 Å². The van der Waals surface area contributed by atoms with Gasteiger partial charge in [-0.15, -0.1) is 0 Å². The van der Waals surface area contributed by atoms with Crippen LogP contribution in [0.3, 0.4) is 0 Å². The van der Waals surface area contributed by atoms with Gasteiger partial charge in [0.05, 0.1) is 31.8 Å². The van der Waals surface area contributed by atoms with Crippen molar-refractivity contribution >= 4 is 0 Å². The lowest BCUT2D eigenvalue weighted by Gasteiger charge is -2.46. The van der Waals surface area contributed by atoms with E-state index >= 15 is 0 Å². The highest BCUT2D eigenvalue weighted by Crippen LogP contribution is 2.41. The molecule has 2 aliphatic heterocycles. The van der Waals surface area contributed by atoms with E-state index in [1.54, 1.807) is 0 Å². The van der Waals surface area contributed by atoms with Gasteiger partial charge in [-0.2, -0.15) is 0 Å². The summed E-state index contributed by atoms with van der Waals surface area (Å²) in [6.07, 6.45) is 16.2. The molecule has 0 radical (unpaired) electrons. The normalized spacial score (nSPS) is 36.5. The zero-order chi connectivity index (χ0) is 14.4. The first-order valence-electron chi connectivity index (χ1n) is 9.19. The average molecular weight is 282 g/mol. The fraction of sp³-hybridized carbons (Fsp3) is 1.00. The van der Waals surface area contributed by atoms with Crippen LogP contribution >= 0.6 is 0 Å². The van der Waals surface area contributed by atoms with E-state index in [0.717, 1.165) is 24.9 Å². The minimum absolute atomic E-state index is 0.00253. The van der Waals surface area contributed by atoms with E-state index in [0.29, 0.717) is 0 Å². The van der Waals surface area contributed by atoms with Crippen LogP contribution in [0.2, 0.25) is 0 Å². The summed E-state index contributed by atoms with van der Waals surface area (Å²) in [5.41, 5.74) is 0. The van der Waals surface area contributed by atoms with Gasteiger partial charge in [-0.1, -0.05) is 45.4 Å². The average Bonchev–Trinajstić information content (AvgIpc) is 2.62. The number of fused-ring (bicyclic) bond motifs is 2. The van der Waals surface area contributed by atoms with E-state index in [2.05, 4.69) is 14.0 Å². The Morgan fingerprint density at radius 2 is 1.35 bits per heavy atom. The molecule has 0 amide bonds. The smallest absolute Gasteiger partial charge is 0.0917 e. The molecule has 2 bridgehead atoms. The van der Waals surface area contributed by atoms with Crippen molar-refractivity contribution in [1.29, 1.82) is 0 Å². The van der Waals surface area contributed by atoms with Crippen molar-refractivity contribution in [2.45, 2.75) is 102 Å². The highest BCUT2D eigenvalue weighted by Gasteiger charge is 2.50. The number of unbranched alkanes of at least 4 members (excludes halogenated alkanes) is 7. The van der Waals surface area contributed by atoms with Crippen LogP contribution in [0.4, 0.5) is 0 Å².